The normalized spacial score (nSPS) is 16.8. The zero-order valence-electron chi connectivity index (χ0n) is 15.6. The number of nitrogens with zero attached hydrogens (tertiary/aromatic N) is 2. The molecule has 0 spiro atoms. The molecule has 0 aliphatic carbocycles. The second-order valence-electron chi connectivity index (χ2n) is 7.04. The summed E-state index contributed by atoms with van der Waals surface area (Å²) in [6.45, 7) is 2.15. The van der Waals surface area contributed by atoms with Gasteiger partial charge in [-0.1, -0.05) is 18.2 Å². The molecule has 0 saturated carbocycles. The number of rotatable bonds is 6. The number of nitrogens with two attached hydrogens (primary N) is 1. The molecular formula is C21H21FN4O2S. The maximum atomic E-state index is 13.2. The molecule has 1 saturated heterocycles. The Kier molecular flexibility index (Phi) is 5.57. The maximum Gasteiger partial charge on any atom is 0.251 e. The van der Waals surface area contributed by atoms with Crippen LogP contribution in [0.3, 0.4) is 0 Å². The van der Waals surface area contributed by atoms with Crippen LogP contribution < -0.4 is 11.1 Å². The number of aliphatic hydroxyl groups excluding tert-OH is 1. The fourth-order valence-corrected chi connectivity index (χ4v) is 4.44. The molecular weight excluding hydrogens is 391 g/mol. The average Bonchev–Trinajstić information content (AvgIpc) is 3.29. The van der Waals surface area contributed by atoms with Crippen LogP contribution >= 0.6 is 11.3 Å². The first-order valence-corrected chi connectivity index (χ1v) is 10.1. The molecule has 8 heteroatoms. The molecule has 6 nitrogen and oxygen atoms in total. The number of β-amino-alcohol motifs (C(OH)–C–C–N with tert-alkyl or cyclic N) is 1. The predicted octanol–water partition coefficient (Wildman–Crippen LogP) is 3.36. The van der Waals surface area contributed by atoms with Gasteiger partial charge in [-0.25, -0.2) is 9.37 Å². The van der Waals surface area contributed by atoms with E-state index in [1.807, 2.05) is 18.2 Å². The van der Waals surface area contributed by atoms with Crippen molar-refractivity contribution in [2.75, 3.05) is 18.4 Å². The Labute approximate surface area is 171 Å². The van der Waals surface area contributed by atoms with Crippen LogP contribution in [0.2, 0.25) is 0 Å². The minimum Gasteiger partial charge on any atom is -0.392 e. The lowest BCUT2D eigenvalue weighted by atomic mass is 10.1. The van der Waals surface area contributed by atoms with Crippen molar-refractivity contribution < 1.29 is 14.3 Å². The highest BCUT2D eigenvalue weighted by atomic mass is 32.1. The number of hydrogen-bond donors (Lipinski definition) is 3. The molecule has 150 valence electrons. The zero-order chi connectivity index (χ0) is 20.4. The van der Waals surface area contributed by atoms with Crippen LogP contribution in [-0.4, -0.2) is 40.1 Å². The lowest BCUT2D eigenvalue weighted by Gasteiger charge is -2.15. The molecule has 0 unspecified atom stereocenters. The van der Waals surface area contributed by atoms with E-state index in [1.54, 1.807) is 18.2 Å². The minimum atomic E-state index is -0.542. The molecule has 2 aromatic heterocycles. The number of nitrogens with one attached hydrogen (secondary N) is 1. The number of carbonyl (C=O) groups excluding carboxylic acids is 1. The summed E-state index contributed by atoms with van der Waals surface area (Å²) in [6.07, 6.45) is 0.506. The van der Waals surface area contributed by atoms with Crippen LogP contribution in [0.1, 0.15) is 22.5 Å². The summed E-state index contributed by atoms with van der Waals surface area (Å²) in [5, 5.41) is 13.5. The SMILES string of the molecule is NC(=O)c1cc(-c2ccc(F)cc2)sc1Nc1cccc(CN2CC[C@@H](O)C2)n1. The molecule has 1 fully saturated rings. The summed E-state index contributed by atoms with van der Waals surface area (Å²) in [4.78, 5) is 19.5. The maximum absolute atomic E-state index is 13.2. The van der Waals surface area contributed by atoms with Crippen molar-refractivity contribution in [3.63, 3.8) is 0 Å². The quantitative estimate of drug-likeness (QED) is 0.578. The zero-order valence-corrected chi connectivity index (χ0v) is 16.5. The Bertz CT molecular complexity index is 1020. The molecule has 0 bridgehead atoms. The van der Waals surface area contributed by atoms with E-state index < -0.39 is 5.91 Å². The van der Waals surface area contributed by atoms with Crippen molar-refractivity contribution >= 4 is 28.1 Å². The van der Waals surface area contributed by atoms with E-state index >= 15 is 0 Å². The van der Waals surface area contributed by atoms with Crippen molar-refractivity contribution in [1.82, 2.24) is 9.88 Å². The number of aliphatic hydroxyl groups is 1. The van der Waals surface area contributed by atoms with Crippen molar-refractivity contribution in [2.24, 2.45) is 5.73 Å². The molecule has 3 heterocycles. The largest absolute Gasteiger partial charge is 0.392 e. The van der Waals surface area contributed by atoms with Gasteiger partial charge < -0.3 is 16.2 Å². The lowest BCUT2D eigenvalue weighted by molar-refractivity contribution is 0.100. The highest BCUT2D eigenvalue weighted by molar-refractivity contribution is 7.19. The van der Waals surface area contributed by atoms with Gasteiger partial charge >= 0.3 is 0 Å². The second kappa shape index (κ2) is 8.28. The molecule has 1 aliphatic rings. The first kappa shape index (κ1) is 19.5. The number of primary amides is 1. The smallest absolute Gasteiger partial charge is 0.251 e. The Morgan fingerprint density at radius 3 is 2.79 bits per heavy atom. The Morgan fingerprint density at radius 2 is 2.10 bits per heavy atom. The number of anilines is 2. The fourth-order valence-electron chi connectivity index (χ4n) is 3.36. The summed E-state index contributed by atoms with van der Waals surface area (Å²) < 4.78 is 13.2. The topological polar surface area (TPSA) is 91.5 Å². The van der Waals surface area contributed by atoms with Gasteiger partial charge in [0.25, 0.3) is 5.91 Å². The predicted molar refractivity (Wildman–Crippen MR) is 112 cm³/mol. The number of thiophene rings is 1. The third-order valence-corrected chi connectivity index (χ3v) is 5.91. The van der Waals surface area contributed by atoms with E-state index in [-0.39, 0.29) is 11.9 Å². The van der Waals surface area contributed by atoms with E-state index in [2.05, 4.69) is 15.2 Å². The van der Waals surface area contributed by atoms with Crippen LogP contribution in [0.4, 0.5) is 15.2 Å². The van der Waals surface area contributed by atoms with E-state index in [1.165, 1.54) is 23.5 Å². The summed E-state index contributed by atoms with van der Waals surface area (Å²) in [7, 11) is 0. The molecule has 4 rings (SSSR count). The van der Waals surface area contributed by atoms with Gasteiger partial charge in [-0.3, -0.25) is 9.69 Å². The fraction of sp³-hybridized carbons (Fsp3) is 0.238. The van der Waals surface area contributed by atoms with Gasteiger partial charge in [-0.05, 0) is 42.3 Å². The van der Waals surface area contributed by atoms with Gasteiger partial charge in [0, 0.05) is 24.5 Å². The van der Waals surface area contributed by atoms with Crippen LogP contribution in [-0.2, 0) is 6.54 Å². The molecule has 0 radical (unpaired) electrons. The van der Waals surface area contributed by atoms with E-state index in [0.29, 0.717) is 29.5 Å². The lowest BCUT2D eigenvalue weighted by Crippen LogP contribution is -2.22. The van der Waals surface area contributed by atoms with Gasteiger partial charge in [-0.15, -0.1) is 11.3 Å². The number of halogens is 1. The third kappa shape index (κ3) is 4.61. The van der Waals surface area contributed by atoms with Crippen LogP contribution in [0.25, 0.3) is 10.4 Å². The molecule has 1 aromatic carbocycles. The highest BCUT2D eigenvalue weighted by Gasteiger charge is 2.21. The van der Waals surface area contributed by atoms with E-state index in [4.69, 9.17) is 5.73 Å². The van der Waals surface area contributed by atoms with E-state index in [0.717, 1.165) is 29.1 Å². The number of likely N-dealkylation sites (tertiary alicyclic amines) is 1. The highest BCUT2D eigenvalue weighted by Crippen LogP contribution is 2.36. The van der Waals surface area contributed by atoms with Gasteiger partial charge in [0.2, 0.25) is 0 Å². The van der Waals surface area contributed by atoms with Crippen molar-refractivity contribution in [2.45, 2.75) is 19.1 Å². The number of aromatic nitrogens is 1. The Balaban J connectivity index is 1.56. The number of pyridine rings is 1. The molecule has 1 atom stereocenters. The van der Waals surface area contributed by atoms with Crippen molar-refractivity contribution in [3.05, 3.63) is 65.6 Å². The van der Waals surface area contributed by atoms with Crippen LogP contribution in [0.15, 0.2) is 48.5 Å². The first-order chi connectivity index (χ1) is 14.0. The Hall–Kier alpha value is -2.81. The number of amides is 1. The van der Waals surface area contributed by atoms with Crippen LogP contribution in [0, 0.1) is 5.82 Å². The summed E-state index contributed by atoms with van der Waals surface area (Å²) in [5.74, 6) is -0.248. The first-order valence-electron chi connectivity index (χ1n) is 9.31. The van der Waals surface area contributed by atoms with Gasteiger partial charge in [0.15, 0.2) is 0 Å². The second-order valence-corrected chi connectivity index (χ2v) is 8.09. The van der Waals surface area contributed by atoms with Crippen molar-refractivity contribution in [3.8, 4) is 10.4 Å². The summed E-state index contributed by atoms with van der Waals surface area (Å²) in [6, 6.07) is 13.5. The molecule has 3 aromatic rings. The molecule has 1 amide bonds. The molecule has 1 aliphatic heterocycles. The number of hydrogen-bond acceptors (Lipinski definition) is 6. The van der Waals surface area contributed by atoms with Gasteiger partial charge in [-0.2, -0.15) is 0 Å². The van der Waals surface area contributed by atoms with E-state index in [9.17, 15) is 14.3 Å². The molecule has 4 N–H and O–H groups in total. The van der Waals surface area contributed by atoms with Gasteiger partial charge in [0.1, 0.15) is 16.6 Å². The summed E-state index contributed by atoms with van der Waals surface area (Å²) in [5.41, 5.74) is 7.60. The standard InChI is InChI=1S/C21H21FN4O2S/c22-14-6-4-13(5-7-14)18-10-17(20(23)28)21(29-18)25-19-3-1-2-15(24-19)11-26-9-8-16(27)12-26/h1-7,10,16,27H,8-9,11-12H2,(H2,23,28)(H,24,25)/t16-/m1/s1. The Morgan fingerprint density at radius 1 is 1.31 bits per heavy atom. The monoisotopic (exact) mass is 412 g/mol. The summed E-state index contributed by atoms with van der Waals surface area (Å²) >= 11 is 1.36. The number of benzene rings is 1. The number of carbonyl (C=O) groups is 1. The average molecular weight is 412 g/mol. The van der Waals surface area contributed by atoms with Gasteiger partial charge in [0.05, 0.1) is 17.4 Å². The van der Waals surface area contributed by atoms with Crippen LogP contribution in [0.5, 0.6) is 0 Å². The molecule has 29 heavy (non-hydrogen) atoms. The van der Waals surface area contributed by atoms with Crippen molar-refractivity contribution in [1.29, 1.82) is 0 Å². The minimum absolute atomic E-state index is 0.273. The third-order valence-electron chi connectivity index (χ3n) is 4.81.